The second kappa shape index (κ2) is 10.5. The third-order valence-electron chi connectivity index (χ3n) is 3.60. The van der Waals surface area contributed by atoms with Crippen molar-refractivity contribution in [1.29, 1.82) is 0 Å². The average molecular weight is 411 g/mol. The van der Waals surface area contributed by atoms with Gasteiger partial charge in [0.2, 0.25) is 0 Å². The molecule has 6 nitrogen and oxygen atoms in total. The molecule has 0 spiro atoms. The van der Waals surface area contributed by atoms with Gasteiger partial charge in [-0.3, -0.25) is 4.79 Å². The summed E-state index contributed by atoms with van der Waals surface area (Å²) in [7, 11) is 1.32. The van der Waals surface area contributed by atoms with Gasteiger partial charge in [0.1, 0.15) is 0 Å². The van der Waals surface area contributed by atoms with Crippen LogP contribution in [0.3, 0.4) is 0 Å². The van der Waals surface area contributed by atoms with E-state index in [2.05, 4.69) is 10.1 Å². The highest BCUT2D eigenvalue weighted by Gasteiger charge is 2.14. The van der Waals surface area contributed by atoms with Crippen LogP contribution in [0.2, 0.25) is 0 Å². The van der Waals surface area contributed by atoms with Crippen LogP contribution >= 0.6 is 11.8 Å². The van der Waals surface area contributed by atoms with E-state index in [0.29, 0.717) is 11.1 Å². The number of amides is 1. The lowest BCUT2D eigenvalue weighted by Gasteiger charge is -2.12. The third kappa shape index (κ3) is 6.12. The minimum atomic E-state index is -2.97. The standard InChI is InChI=1S/C19H19F2NO5S/c1-25-15-9-12(7-8-14(15)27-19(20)21)10-22-17(23)11-26-18(24)13-5-3-4-6-16(13)28-2/h3-9,19H,10-11H2,1-2H3,(H,22,23). The summed E-state index contributed by atoms with van der Waals surface area (Å²) in [6.45, 7) is -3.31. The van der Waals surface area contributed by atoms with Crippen molar-refractivity contribution < 1.29 is 32.6 Å². The van der Waals surface area contributed by atoms with E-state index in [4.69, 9.17) is 9.47 Å². The van der Waals surface area contributed by atoms with Gasteiger partial charge in [-0.05, 0) is 36.1 Å². The number of hydrogen-bond donors (Lipinski definition) is 1. The smallest absolute Gasteiger partial charge is 0.387 e. The second-order valence-electron chi connectivity index (χ2n) is 5.42. The molecule has 9 heteroatoms. The summed E-state index contributed by atoms with van der Waals surface area (Å²) < 4.78 is 39.0. The Kier molecular flexibility index (Phi) is 8.06. The van der Waals surface area contributed by atoms with E-state index in [9.17, 15) is 18.4 Å². The normalized spacial score (nSPS) is 10.5. The summed E-state index contributed by atoms with van der Waals surface area (Å²) in [5.41, 5.74) is 0.994. The number of alkyl halides is 2. The summed E-state index contributed by atoms with van der Waals surface area (Å²) in [6, 6.07) is 11.2. The van der Waals surface area contributed by atoms with E-state index in [1.54, 1.807) is 24.3 Å². The minimum Gasteiger partial charge on any atom is -0.493 e. The quantitative estimate of drug-likeness (QED) is 0.503. The maximum Gasteiger partial charge on any atom is 0.387 e. The fraction of sp³-hybridized carbons (Fsp3) is 0.263. The number of hydrogen-bond acceptors (Lipinski definition) is 6. The van der Waals surface area contributed by atoms with Gasteiger partial charge in [0.05, 0.1) is 12.7 Å². The number of nitrogens with one attached hydrogen (secondary N) is 1. The lowest BCUT2D eigenvalue weighted by atomic mass is 10.2. The van der Waals surface area contributed by atoms with Crippen molar-refractivity contribution in [2.24, 2.45) is 0 Å². The Balaban J connectivity index is 1.88. The Labute approximate surface area is 165 Å². The zero-order valence-electron chi connectivity index (χ0n) is 15.2. The zero-order valence-corrected chi connectivity index (χ0v) is 16.1. The molecule has 0 aromatic heterocycles. The predicted octanol–water partition coefficient (Wildman–Crippen LogP) is 3.49. The predicted molar refractivity (Wildman–Crippen MR) is 100.0 cm³/mol. The molecule has 0 atom stereocenters. The van der Waals surface area contributed by atoms with E-state index in [-0.39, 0.29) is 18.0 Å². The van der Waals surface area contributed by atoms with Crippen molar-refractivity contribution in [3.05, 3.63) is 53.6 Å². The molecule has 0 aliphatic rings. The molecule has 0 radical (unpaired) electrons. The summed E-state index contributed by atoms with van der Waals surface area (Å²) in [6.07, 6.45) is 1.84. The van der Waals surface area contributed by atoms with Crippen molar-refractivity contribution in [2.75, 3.05) is 20.0 Å². The SMILES string of the molecule is COc1cc(CNC(=O)COC(=O)c2ccccc2SC)ccc1OC(F)F. The van der Waals surface area contributed by atoms with Crippen LogP contribution in [0.25, 0.3) is 0 Å². The Hall–Kier alpha value is -2.81. The first-order chi connectivity index (χ1) is 13.4. The number of esters is 1. The zero-order chi connectivity index (χ0) is 20.5. The van der Waals surface area contributed by atoms with Gasteiger partial charge in [-0.15, -0.1) is 11.8 Å². The molecule has 2 aromatic rings. The fourth-order valence-corrected chi connectivity index (χ4v) is 2.88. The summed E-state index contributed by atoms with van der Waals surface area (Å²) in [5.74, 6) is -1.07. The Morgan fingerprint density at radius 1 is 1.14 bits per heavy atom. The monoisotopic (exact) mass is 411 g/mol. The van der Waals surface area contributed by atoms with Gasteiger partial charge in [-0.25, -0.2) is 4.79 Å². The highest BCUT2D eigenvalue weighted by molar-refractivity contribution is 7.98. The van der Waals surface area contributed by atoms with Gasteiger partial charge < -0.3 is 19.5 Å². The van der Waals surface area contributed by atoms with Gasteiger partial charge in [0.15, 0.2) is 18.1 Å². The van der Waals surface area contributed by atoms with Crippen LogP contribution in [0.1, 0.15) is 15.9 Å². The molecule has 0 aliphatic heterocycles. The van der Waals surface area contributed by atoms with E-state index >= 15 is 0 Å². The fourth-order valence-electron chi connectivity index (χ4n) is 2.29. The number of rotatable bonds is 9. The molecular formula is C19H19F2NO5S. The van der Waals surface area contributed by atoms with Crippen molar-refractivity contribution in [3.63, 3.8) is 0 Å². The second-order valence-corrected chi connectivity index (χ2v) is 6.26. The molecule has 28 heavy (non-hydrogen) atoms. The molecule has 0 aliphatic carbocycles. The van der Waals surface area contributed by atoms with E-state index in [1.165, 1.54) is 37.1 Å². The maximum absolute atomic E-state index is 12.3. The van der Waals surface area contributed by atoms with E-state index in [0.717, 1.165) is 4.90 Å². The first-order valence-corrected chi connectivity index (χ1v) is 9.35. The van der Waals surface area contributed by atoms with Crippen LogP contribution in [0.4, 0.5) is 8.78 Å². The average Bonchev–Trinajstić information content (AvgIpc) is 2.70. The molecule has 1 amide bonds. The molecule has 0 saturated carbocycles. The number of carbonyl (C=O) groups excluding carboxylic acids is 2. The lowest BCUT2D eigenvalue weighted by Crippen LogP contribution is -2.28. The summed E-state index contributed by atoms with van der Waals surface area (Å²) in [4.78, 5) is 24.8. The van der Waals surface area contributed by atoms with Crippen LogP contribution in [0, 0.1) is 0 Å². The minimum absolute atomic E-state index is 0.100. The number of ether oxygens (including phenoxy) is 3. The van der Waals surface area contributed by atoms with Gasteiger partial charge in [0, 0.05) is 11.4 Å². The van der Waals surface area contributed by atoms with E-state index in [1.807, 2.05) is 6.26 Å². The number of benzene rings is 2. The maximum atomic E-state index is 12.3. The van der Waals surface area contributed by atoms with Gasteiger partial charge in [0.25, 0.3) is 5.91 Å². The van der Waals surface area contributed by atoms with Gasteiger partial charge >= 0.3 is 12.6 Å². The highest BCUT2D eigenvalue weighted by Crippen LogP contribution is 2.29. The number of thioether (sulfide) groups is 1. The van der Waals surface area contributed by atoms with Crippen LogP contribution in [-0.2, 0) is 16.1 Å². The van der Waals surface area contributed by atoms with Crippen molar-refractivity contribution in [2.45, 2.75) is 18.1 Å². The van der Waals surface area contributed by atoms with Crippen molar-refractivity contribution >= 4 is 23.6 Å². The first-order valence-electron chi connectivity index (χ1n) is 8.13. The van der Waals surface area contributed by atoms with Crippen LogP contribution < -0.4 is 14.8 Å². The number of methoxy groups -OCH3 is 1. The summed E-state index contributed by atoms with van der Waals surface area (Å²) in [5, 5.41) is 2.58. The molecule has 0 unspecified atom stereocenters. The Morgan fingerprint density at radius 3 is 2.57 bits per heavy atom. The molecule has 0 fully saturated rings. The number of halogens is 2. The van der Waals surface area contributed by atoms with Crippen LogP contribution in [0.5, 0.6) is 11.5 Å². The molecule has 0 heterocycles. The van der Waals surface area contributed by atoms with Crippen LogP contribution in [-0.4, -0.2) is 38.5 Å². The highest BCUT2D eigenvalue weighted by atomic mass is 32.2. The molecule has 1 N–H and O–H groups in total. The van der Waals surface area contributed by atoms with E-state index < -0.39 is 25.1 Å². The van der Waals surface area contributed by atoms with Crippen LogP contribution in [0.15, 0.2) is 47.4 Å². The molecule has 2 rings (SSSR count). The Bertz CT molecular complexity index is 832. The summed E-state index contributed by atoms with van der Waals surface area (Å²) >= 11 is 1.40. The third-order valence-corrected chi connectivity index (χ3v) is 4.39. The van der Waals surface area contributed by atoms with Crippen molar-refractivity contribution in [3.8, 4) is 11.5 Å². The first kappa shape index (κ1) is 21.5. The molecule has 2 aromatic carbocycles. The molecular weight excluding hydrogens is 392 g/mol. The number of carbonyl (C=O) groups is 2. The largest absolute Gasteiger partial charge is 0.493 e. The lowest BCUT2D eigenvalue weighted by molar-refractivity contribution is -0.124. The molecule has 150 valence electrons. The Morgan fingerprint density at radius 2 is 1.89 bits per heavy atom. The topological polar surface area (TPSA) is 73.9 Å². The van der Waals surface area contributed by atoms with Gasteiger partial charge in [-0.2, -0.15) is 8.78 Å². The molecule has 0 bridgehead atoms. The molecule has 0 saturated heterocycles. The van der Waals surface area contributed by atoms with Gasteiger partial charge in [-0.1, -0.05) is 18.2 Å². The van der Waals surface area contributed by atoms with Crippen molar-refractivity contribution in [1.82, 2.24) is 5.32 Å².